The Labute approximate surface area is 136 Å². The van der Waals surface area contributed by atoms with Crippen LogP contribution in [0.1, 0.15) is 29.2 Å². The summed E-state index contributed by atoms with van der Waals surface area (Å²) in [6, 6.07) is 9.69. The van der Waals surface area contributed by atoms with Crippen molar-refractivity contribution < 1.29 is 4.79 Å². The smallest absolute Gasteiger partial charge is 0.244 e. The number of hydrogen-bond donors (Lipinski definition) is 0. The summed E-state index contributed by atoms with van der Waals surface area (Å²) < 4.78 is 0. The van der Waals surface area contributed by atoms with Gasteiger partial charge in [0.1, 0.15) is 6.04 Å². The lowest BCUT2D eigenvalue weighted by atomic mass is 10.0. The second kappa shape index (κ2) is 7.51. The molecule has 0 aliphatic rings. The Morgan fingerprint density at radius 2 is 1.95 bits per heavy atom. The van der Waals surface area contributed by atoms with Crippen molar-refractivity contribution in [3.05, 3.63) is 52.0 Å². The van der Waals surface area contributed by atoms with E-state index in [0.29, 0.717) is 6.54 Å². The number of benzene rings is 1. The van der Waals surface area contributed by atoms with Crippen LogP contribution >= 0.6 is 11.3 Å². The number of carbonyl (C=O) groups is 1. The number of aromatic nitrogens is 1. The van der Waals surface area contributed by atoms with Crippen LogP contribution < -0.4 is 0 Å². The lowest BCUT2D eigenvalue weighted by Gasteiger charge is -2.30. The predicted molar refractivity (Wildman–Crippen MR) is 90.8 cm³/mol. The zero-order chi connectivity index (χ0) is 16.1. The van der Waals surface area contributed by atoms with Crippen molar-refractivity contribution in [3.63, 3.8) is 0 Å². The molecule has 0 aliphatic heterocycles. The minimum Gasteiger partial charge on any atom is -0.338 e. The summed E-state index contributed by atoms with van der Waals surface area (Å²) in [7, 11) is 3.83. The topological polar surface area (TPSA) is 36.4 Å². The standard InChI is InChI=1S/C17H23N3OS/c1-5-19(3)16(14-9-7-6-8-10-14)17(21)20(4)11-15-12-22-13(2)18-15/h6-10,12,16H,5,11H2,1-4H3/t16-/m1/s1. The van der Waals surface area contributed by atoms with Crippen molar-refractivity contribution >= 4 is 17.2 Å². The molecule has 0 radical (unpaired) electrons. The molecule has 1 atom stereocenters. The van der Waals surface area contributed by atoms with Gasteiger partial charge in [-0.1, -0.05) is 37.3 Å². The first kappa shape index (κ1) is 16.6. The molecule has 0 N–H and O–H groups in total. The van der Waals surface area contributed by atoms with E-state index in [4.69, 9.17) is 0 Å². The molecule has 1 aromatic heterocycles. The van der Waals surface area contributed by atoms with Gasteiger partial charge < -0.3 is 4.90 Å². The molecule has 0 saturated heterocycles. The lowest BCUT2D eigenvalue weighted by Crippen LogP contribution is -2.39. The molecule has 0 spiro atoms. The maximum absolute atomic E-state index is 12.9. The van der Waals surface area contributed by atoms with Crippen molar-refractivity contribution in [3.8, 4) is 0 Å². The van der Waals surface area contributed by atoms with Gasteiger partial charge in [-0.05, 0) is 26.1 Å². The second-order valence-electron chi connectivity index (χ2n) is 5.44. The number of likely N-dealkylation sites (N-methyl/N-ethyl adjacent to an activating group) is 2. The molecule has 118 valence electrons. The molecule has 1 amide bonds. The molecule has 0 bridgehead atoms. The molecular formula is C17H23N3OS. The third-order valence-corrected chi connectivity index (χ3v) is 4.55. The Morgan fingerprint density at radius 1 is 1.27 bits per heavy atom. The van der Waals surface area contributed by atoms with Crippen LogP contribution in [0.15, 0.2) is 35.7 Å². The SMILES string of the molecule is CCN(C)[C@@H](C(=O)N(C)Cc1csc(C)n1)c1ccccc1. The quantitative estimate of drug-likeness (QED) is 0.821. The van der Waals surface area contributed by atoms with Crippen molar-refractivity contribution in [1.82, 2.24) is 14.8 Å². The van der Waals surface area contributed by atoms with Crippen LogP contribution in [-0.2, 0) is 11.3 Å². The zero-order valence-corrected chi connectivity index (χ0v) is 14.4. The molecular weight excluding hydrogens is 294 g/mol. The minimum absolute atomic E-state index is 0.0983. The summed E-state index contributed by atoms with van der Waals surface area (Å²) in [6.07, 6.45) is 0. The molecule has 0 saturated carbocycles. The van der Waals surface area contributed by atoms with E-state index in [1.54, 1.807) is 16.2 Å². The van der Waals surface area contributed by atoms with Gasteiger partial charge in [-0.25, -0.2) is 4.98 Å². The average Bonchev–Trinajstić information content (AvgIpc) is 2.93. The average molecular weight is 317 g/mol. The highest BCUT2D eigenvalue weighted by atomic mass is 32.1. The molecule has 2 rings (SSSR count). The highest BCUT2D eigenvalue weighted by molar-refractivity contribution is 7.09. The molecule has 2 aromatic rings. The molecule has 1 heterocycles. The summed E-state index contributed by atoms with van der Waals surface area (Å²) in [6.45, 7) is 5.40. The summed E-state index contributed by atoms with van der Waals surface area (Å²) in [5.41, 5.74) is 1.97. The van der Waals surface area contributed by atoms with Gasteiger partial charge in [-0.15, -0.1) is 11.3 Å². The summed E-state index contributed by atoms with van der Waals surface area (Å²) >= 11 is 1.61. The van der Waals surface area contributed by atoms with Crippen LogP contribution in [0.3, 0.4) is 0 Å². The monoisotopic (exact) mass is 317 g/mol. The van der Waals surface area contributed by atoms with E-state index in [-0.39, 0.29) is 11.9 Å². The van der Waals surface area contributed by atoms with Gasteiger partial charge in [0.2, 0.25) is 5.91 Å². The number of thiazole rings is 1. The Bertz CT molecular complexity index is 611. The minimum atomic E-state index is -0.254. The van der Waals surface area contributed by atoms with E-state index in [2.05, 4.69) is 16.8 Å². The largest absolute Gasteiger partial charge is 0.338 e. The number of aryl methyl sites for hydroxylation is 1. The molecule has 1 aromatic carbocycles. The predicted octanol–water partition coefficient (Wildman–Crippen LogP) is 3.10. The number of carbonyl (C=O) groups excluding carboxylic acids is 1. The Balaban J connectivity index is 2.18. The molecule has 0 fully saturated rings. The van der Waals surface area contributed by atoms with Gasteiger partial charge in [-0.3, -0.25) is 9.69 Å². The fourth-order valence-corrected chi connectivity index (χ4v) is 3.02. The highest BCUT2D eigenvalue weighted by Gasteiger charge is 2.27. The van der Waals surface area contributed by atoms with Crippen molar-refractivity contribution in [1.29, 1.82) is 0 Å². The highest BCUT2D eigenvalue weighted by Crippen LogP contribution is 2.22. The lowest BCUT2D eigenvalue weighted by molar-refractivity contribution is -0.136. The van der Waals surface area contributed by atoms with E-state index in [1.807, 2.05) is 56.7 Å². The fraction of sp³-hybridized carbons (Fsp3) is 0.412. The van der Waals surface area contributed by atoms with Crippen molar-refractivity contribution in [2.75, 3.05) is 20.6 Å². The van der Waals surface area contributed by atoms with Crippen LogP contribution in [0.4, 0.5) is 0 Å². The van der Waals surface area contributed by atoms with Gasteiger partial charge >= 0.3 is 0 Å². The van der Waals surface area contributed by atoms with E-state index >= 15 is 0 Å². The van der Waals surface area contributed by atoms with Crippen molar-refractivity contribution in [2.45, 2.75) is 26.4 Å². The Hall–Kier alpha value is -1.72. The maximum atomic E-state index is 12.9. The van der Waals surface area contributed by atoms with E-state index in [9.17, 15) is 4.79 Å². The van der Waals surface area contributed by atoms with Crippen molar-refractivity contribution in [2.24, 2.45) is 0 Å². The first-order valence-electron chi connectivity index (χ1n) is 7.44. The number of amides is 1. The third kappa shape index (κ3) is 3.93. The second-order valence-corrected chi connectivity index (χ2v) is 6.50. The van der Waals surface area contributed by atoms with E-state index in [0.717, 1.165) is 22.8 Å². The third-order valence-electron chi connectivity index (χ3n) is 3.73. The molecule has 0 unspecified atom stereocenters. The first-order valence-corrected chi connectivity index (χ1v) is 8.32. The summed E-state index contributed by atoms with van der Waals surface area (Å²) in [5.74, 6) is 0.0983. The van der Waals surface area contributed by atoms with Crippen LogP contribution in [-0.4, -0.2) is 41.3 Å². The Kier molecular flexibility index (Phi) is 5.69. The normalized spacial score (nSPS) is 12.4. The Morgan fingerprint density at radius 3 is 2.50 bits per heavy atom. The molecule has 22 heavy (non-hydrogen) atoms. The summed E-state index contributed by atoms with van der Waals surface area (Å²) in [4.78, 5) is 21.2. The number of rotatable bonds is 6. The van der Waals surface area contributed by atoms with Crippen LogP contribution in [0.25, 0.3) is 0 Å². The maximum Gasteiger partial charge on any atom is 0.244 e. The molecule has 5 heteroatoms. The summed E-state index contributed by atoms with van der Waals surface area (Å²) in [5, 5.41) is 3.04. The van der Waals surface area contributed by atoms with Crippen LogP contribution in [0.2, 0.25) is 0 Å². The van der Waals surface area contributed by atoms with Gasteiger partial charge in [0.25, 0.3) is 0 Å². The van der Waals surface area contributed by atoms with Crippen LogP contribution in [0, 0.1) is 6.92 Å². The zero-order valence-electron chi connectivity index (χ0n) is 13.6. The van der Waals surface area contributed by atoms with E-state index < -0.39 is 0 Å². The number of nitrogens with zero attached hydrogens (tertiary/aromatic N) is 3. The van der Waals surface area contributed by atoms with Crippen LogP contribution in [0.5, 0.6) is 0 Å². The van der Waals surface area contributed by atoms with E-state index in [1.165, 1.54) is 0 Å². The first-order chi connectivity index (χ1) is 10.5. The molecule has 4 nitrogen and oxygen atoms in total. The van der Waals surface area contributed by atoms with Gasteiger partial charge in [0, 0.05) is 12.4 Å². The number of hydrogen-bond acceptors (Lipinski definition) is 4. The van der Waals surface area contributed by atoms with Gasteiger partial charge in [0.15, 0.2) is 0 Å². The fourth-order valence-electron chi connectivity index (χ4n) is 2.41. The van der Waals surface area contributed by atoms with Gasteiger partial charge in [-0.2, -0.15) is 0 Å². The van der Waals surface area contributed by atoms with Gasteiger partial charge in [0.05, 0.1) is 17.2 Å². The molecule has 0 aliphatic carbocycles.